The van der Waals surface area contributed by atoms with Gasteiger partial charge in [-0.25, -0.2) is 4.79 Å². The lowest BCUT2D eigenvalue weighted by Crippen LogP contribution is -2.22. The first-order chi connectivity index (χ1) is 8.79. The van der Waals surface area contributed by atoms with E-state index >= 15 is 0 Å². The highest BCUT2D eigenvalue weighted by Gasteiger charge is 2.50. The van der Waals surface area contributed by atoms with Crippen LogP contribution in [-0.4, -0.2) is 12.6 Å². The van der Waals surface area contributed by atoms with Gasteiger partial charge in [-0.2, -0.15) is 9.78 Å². The van der Waals surface area contributed by atoms with Crippen LogP contribution in [0.25, 0.3) is 0 Å². The van der Waals surface area contributed by atoms with Gasteiger partial charge in [0.2, 0.25) is 0 Å². The summed E-state index contributed by atoms with van der Waals surface area (Å²) in [5.41, 5.74) is 2.18. The number of ether oxygens (including phenoxy) is 1. The standard InChI is InChI=1S/C15H20O4/c1-6-17-13(16)10-8-7-9-11(14(2,3)4)12(10)15(5)18-19-15/h7-9H,6H2,1-5H3. The number of hydrogen-bond donors (Lipinski definition) is 0. The first-order valence-corrected chi connectivity index (χ1v) is 6.47. The van der Waals surface area contributed by atoms with Crippen LogP contribution >= 0.6 is 0 Å². The SMILES string of the molecule is CCOC(=O)c1cccc(C(C)(C)C)c1C1(C)OO1. The molecule has 2 rings (SSSR count). The van der Waals surface area contributed by atoms with Gasteiger partial charge in [-0.05, 0) is 24.0 Å². The summed E-state index contributed by atoms with van der Waals surface area (Å²) in [7, 11) is 0. The molecule has 104 valence electrons. The van der Waals surface area contributed by atoms with Gasteiger partial charge in [-0.3, -0.25) is 0 Å². The third-order valence-corrected chi connectivity index (χ3v) is 3.16. The molecule has 1 heterocycles. The van der Waals surface area contributed by atoms with Gasteiger partial charge in [-0.15, -0.1) is 0 Å². The molecule has 19 heavy (non-hydrogen) atoms. The van der Waals surface area contributed by atoms with Crippen LogP contribution in [0.3, 0.4) is 0 Å². The van der Waals surface area contributed by atoms with Crippen LogP contribution in [0.5, 0.6) is 0 Å². The predicted molar refractivity (Wildman–Crippen MR) is 70.6 cm³/mol. The van der Waals surface area contributed by atoms with E-state index in [9.17, 15) is 4.79 Å². The minimum absolute atomic E-state index is 0.115. The van der Waals surface area contributed by atoms with E-state index in [1.54, 1.807) is 19.9 Å². The Morgan fingerprint density at radius 1 is 1.32 bits per heavy atom. The van der Waals surface area contributed by atoms with Crippen molar-refractivity contribution >= 4 is 5.97 Å². The molecule has 1 fully saturated rings. The Balaban J connectivity index is 2.58. The molecule has 0 radical (unpaired) electrons. The van der Waals surface area contributed by atoms with Crippen LogP contribution in [0.1, 0.15) is 56.1 Å². The van der Waals surface area contributed by atoms with Crippen molar-refractivity contribution in [3.8, 4) is 0 Å². The highest BCUT2D eigenvalue weighted by molar-refractivity contribution is 5.92. The third kappa shape index (κ3) is 2.65. The van der Waals surface area contributed by atoms with Crippen LogP contribution in [0, 0.1) is 0 Å². The Hall–Kier alpha value is -1.39. The molecule has 1 aromatic carbocycles. The molecule has 0 saturated carbocycles. The Morgan fingerprint density at radius 2 is 1.95 bits per heavy atom. The zero-order valence-corrected chi connectivity index (χ0v) is 12.1. The van der Waals surface area contributed by atoms with E-state index in [4.69, 9.17) is 14.5 Å². The normalized spacial score (nSPS) is 17.1. The second-order valence-electron chi connectivity index (χ2n) is 5.81. The van der Waals surface area contributed by atoms with E-state index in [0.29, 0.717) is 12.2 Å². The van der Waals surface area contributed by atoms with E-state index in [-0.39, 0.29) is 11.4 Å². The maximum Gasteiger partial charge on any atom is 0.338 e. The van der Waals surface area contributed by atoms with Gasteiger partial charge < -0.3 is 4.74 Å². The summed E-state index contributed by atoms with van der Waals surface area (Å²) in [6.07, 6.45) is 0. The van der Waals surface area contributed by atoms with Gasteiger partial charge in [0.25, 0.3) is 5.79 Å². The summed E-state index contributed by atoms with van der Waals surface area (Å²) >= 11 is 0. The molecule has 1 aliphatic heterocycles. The second-order valence-corrected chi connectivity index (χ2v) is 5.81. The maximum atomic E-state index is 12.1. The van der Waals surface area contributed by atoms with Crippen molar-refractivity contribution in [2.24, 2.45) is 0 Å². The van der Waals surface area contributed by atoms with E-state index in [2.05, 4.69) is 20.8 Å². The van der Waals surface area contributed by atoms with Crippen molar-refractivity contribution in [2.75, 3.05) is 6.61 Å². The maximum absolute atomic E-state index is 12.1. The zero-order valence-electron chi connectivity index (χ0n) is 12.1. The minimum atomic E-state index is -0.841. The average Bonchev–Trinajstić information content (AvgIpc) is 3.07. The highest BCUT2D eigenvalue weighted by atomic mass is 17.4. The predicted octanol–water partition coefficient (Wildman–Crippen LogP) is 3.30. The molecule has 0 unspecified atom stereocenters. The van der Waals surface area contributed by atoms with Gasteiger partial charge in [-0.1, -0.05) is 32.9 Å². The monoisotopic (exact) mass is 264 g/mol. The Bertz CT molecular complexity index is 495. The van der Waals surface area contributed by atoms with E-state index in [0.717, 1.165) is 11.1 Å². The number of esters is 1. The van der Waals surface area contributed by atoms with Crippen molar-refractivity contribution in [3.63, 3.8) is 0 Å². The molecule has 1 aromatic rings. The number of hydrogen-bond acceptors (Lipinski definition) is 4. The number of benzene rings is 1. The molecule has 0 amide bonds. The second kappa shape index (κ2) is 4.62. The van der Waals surface area contributed by atoms with Crippen molar-refractivity contribution in [1.29, 1.82) is 0 Å². The largest absolute Gasteiger partial charge is 0.462 e. The van der Waals surface area contributed by atoms with Gasteiger partial charge in [0.05, 0.1) is 12.2 Å². The van der Waals surface area contributed by atoms with Crippen molar-refractivity contribution in [2.45, 2.75) is 45.8 Å². The average molecular weight is 264 g/mol. The molecule has 4 heteroatoms. The van der Waals surface area contributed by atoms with Gasteiger partial charge in [0.15, 0.2) is 0 Å². The topological polar surface area (TPSA) is 51.4 Å². The molecule has 0 bridgehead atoms. The lowest BCUT2D eigenvalue weighted by Gasteiger charge is -2.24. The molecule has 1 aliphatic rings. The summed E-state index contributed by atoms with van der Waals surface area (Å²) in [6, 6.07) is 5.61. The van der Waals surface area contributed by atoms with Gasteiger partial charge in [0.1, 0.15) is 0 Å². The quantitative estimate of drug-likeness (QED) is 0.477. The molecule has 0 atom stereocenters. The number of carbonyl (C=O) groups is 1. The van der Waals surface area contributed by atoms with Crippen LogP contribution < -0.4 is 0 Å². The molecule has 1 saturated heterocycles. The number of carbonyl (C=O) groups excluding carboxylic acids is 1. The molecular weight excluding hydrogens is 244 g/mol. The zero-order chi connectivity index (χ0) is 14.3. The fourth-order valence-corrected chi connectivity index (χ4v) is 2.19. The first kappa shape index (κ1) is 14.0. The summed E-state index contributed by atoms with van der Waals surface area (Å²) in [5.74, 6) is -1.18. The fraction of sp³-hybridized carbons (Fsp3) is 0.533. The Morgan fingerprint density at radius 3 is 2.42 bits per heavy atom. The molecule has 0 aliphatic carbocycles. The van der Waals surface area contributed by atoms with E-state index in [1.165, 1.54) is 0 Å². The smallest absolute Gasteiger partial charge is 0.338 e. The molecular formula is C15H20O4. The molecule has 0 N–H and O–H groups in total. The first-order valence-electron chi connectivity index (χ1n) is 6.47. The summed E-state index contributed by atoms with van der Waals surface area (Å²) in [6.45, 7) is 10.2. The summed E-state index contributed by atoms with van der Waals surface area (Å²) < 4.78 is 5.11. The van der Waals surface area contributed by atoms with E-state index < -0.39 is 5.79 Å². The van der Waals surface area contributed by atoms with Crippen LogP contribution in [0.2, 0.25) is 0 Å². The van der Waals surface area contributed by atoms with E-state index in [1.807, 2.05) is 12.1 Å². The molecule has 0 spiro atoms. The lowest BCUT2D eigenvalue weighted by atomic mass is 9.80. The number of rotatable bonds is 3. The highest BCUT2D eigenvalue weighted by Crippen LogP contribution is 2.46. The Kier molecular flexibility index (Phi) is 3.41. The summed E-state index contributed by atoms with van der Waals surface area (Å²) in [5, 5.41) is 0. The van der Waals surface area contributed by atoms with Crippen molar-refractivity contribution < 1.29 is 19.3 Å². The van der Waals surface area contributed by atoms with Crippen LogP contribution in [-0.2, 0) is 25.7 Å². The summed E-state index contributed by atoms with van der Waals surface area (Å²) in [4.78, 5) is 22.2. The minimum Gasteiger partial charge on any atom is -0.462 e. The van der Waals surface area contributed by atoms with Crippen LogP contribution in [0.4, 0.5) is 0 Å². The third-order valence-electron chi connectivity index (χ3n) is 3.16. The van der Waals surface area contributed by atoms with Gasteiger partial charge >= 0.3 is 5.97 Å². The molecule has 4 nitrogen and oxygen atoms in total. The van der Waals surface area contributed by atoms with Crippen molar-refractivity contribution in [3.05, 3.63) is 34.9 Å². The molecule has 0 aromatic heterocycles. The van der Waals surface area contributed by atoms with Crippen LogP contribution in [0.15, 0.2) is 18.2 Å². The lowest BCUT2D eigenvalue weighted by molar-refractivity contribution is 0.0522. The van der Waals surface area contributed by atoms with Gasteiger partial charge in [0, 0.05) is 12.5 Å². The Labute approximate surface area is 113 Å². The van der Waals surface area contributed by atoms with Crippen molar-refractivity contribution in [1.82, 2.24) is 0 Å². The fourth-order valence-electron chi connectivity index (χ4n) is 2.19.